The van der Waals surface area contributed by atoms with Crippen molar-refractivity contribution in [2.24, 2.45) is 5.41 Å². The lowest BCUT2D eigenvalue weighted by Gasteiger charge is -2.29. The van der Waals surface area contributed by atoms with Crippen LogP contribution < -0.4 is 0 Å². The number of ketones is 1. The SMILES string of the molecule is CCCCC/C=C\C/C=C\CCCCCCCC(=O)C(CC)(CCCCCCCCCCCCCCCC)C(=O)OCCCCCC. The molecule has 0 aromatic carbocycles. The van der Waals surface area contributed by atoms with Crippen molar-refractivity contribution < 1.29 is 14.3 Å². The highest BCUT2D eigenvalue weighted by molar-refractivity contribution is 6.03. The van der Waals surface area contributed by atoms with Crippen LogP contribution in [0.2, 0.25) is 0 Å². The van der Waals surface area contributed by atoms with Crippen LogP contribution in [-0.2, 0) is 14.3 Å². The molecule has 3 heteroatoms. The minimum atomic E-state index is -0.933. The highest BCUT2D eigenvalue weighted by Gasteiger charge is 2.44. The van der Waals surface area contributed by atoms with Crippen LogP contribution in [-0.4, -0.2) is 18.4 Å². The summed E-state index contributed by atoms with van der Waals surface area (Å²) >= 11 is 0. The third-order valence-corrected chi connectivity index (χ3v) is 10.1. The van der Waals surface area contributed by atoms with Crippen molar-refractivity contribution in [3.8, 4) is 0 Å². The zero-order valence-corrected chi connectivity index (χ0v) is 32.4. The van der Waals surface area contributed by atoms with E-state index in [0.29, 0.717) is 25.9 Å². The molecule has 0 rings (SSSR count). The minimum absolute atomic E-state index is 0.138. The molecule has 276 valence electrons. The van der Waals surface area contributed by atoms with E-state index < -0.39 is 5.41 Å². The first-order valence-corrected chi connectivity index (χ1v) is 21.1. The van der Waals surface area contributed by atoms with Crippen molar-refractivity contribution in [1.82, 2.24) is 0 Å². The Balaban J connectivity index is 4.42. The molecule has 0 saturated carbocycles. The number of hydrogen-bond donors (Lipinski definition) is 0. The summed E-state index contributed by atoms with van der Waals surface area (Å²) in [6.45, 7) is 9.20. The number of ether oxygens (including phenoxy) is 1. The first kappa shape index (κ1) is 45.6. The molecule has 0 aliphatic heterocycles. The van der Waals surface area contributed by atoms with E-state index in [1.807, 2.05) is 6.92 Å². The molecule has 3 nitrogen and oxygen atoms in total. The number of esters is 1. The lowest BCUT2D eigenvalue weighted by atomic mass is 9.74. The van der Waals surface area contributed by atoms with E-state index in [1.54, 1.807) is 0 Å². The van der Waals surface area contributed by atoms with Gasteiger partial charge in [-0.2, -0.15) is 0 Å². The molecule has 0 radical (unpaired) electrons. The normalized spacial score (nSPS) is 13.1. The zero-order chi connectivity index (χ0) is 34.5. The first-order chi connectivity index (χ1) is 23.1. The van der Waals surface area contributed by atoms with E-state index in [2.05, 4.69) is 45.1 Å². The summed E-state index contributed by atoms with van der Waals surface area (Å²) < 4.78 is 5.79. The van der Waals surface area contributed by atoms with Gasteiger partial charge in [0.15, 0.2) is 0 Å². The number of hydrogen-bond acceptors (Lipinski definition) is 3. The van der Waals surface area contributed by atoms with Crippen molar-refractivity contribution in [1.29, 1.82) is 0 Å². The molecule has 0 bridgehead atoms. The molecule has 0 aliphatic carbocycles. The van der Waals surface area contributed by atoms with Gasteiger partial charge in [0.25, 0.3) is 0 Å². The van der Waals surface area contributed by atoms with Crippen LogP contribution in [0.15, 0.2) is 24.3 Å². The van der Waals surface area contributed by atoms with E-state index in [1.165, 1.54) is 128 Å². The van der Waals surface area contributed by atoms with Gasteiger partial charge in [-0.1, -0.05) is 193 Å². The summed E-state index contributed by atoms with van der Waals surface area (Å²) in [6.07, 6.45) is 46.5. The predicted molar refractivity (Wildman–Crippen MR) is 207 cm³/mol. The van der Waals surface area contributed by atoms with Crippen molar-refractivity contribution >= 4 is 11.8 Å². The Hall–Kier alpha value is -1.38. The molecule has 0 saturated heterocycles. The summed E-state index contributed by atoms with van der Waals surface area (Å²) in [7, 11) is 0. The summed E-state index contributed by atoms with van der Waals surface area (Å²) in [5.74, 6) is -0.0993. The lowest BCUT2D eigenvalue weighted by Crippen LogP contribution is -2.40. The Labute approximate surface area is 294 Å². The summed E-state index contributed by atoms with van der Waals surface area (Å²) in [5.41, 5.74) is -0.933. The monoisotopic (exact) mass is 659 g/mol. The Bertz CT molecular complexity index is 738. The number of carbonyl (C=O) groups is 2. The Kier molecular flexibility index (Phi) is 34.9. The highest BCUT2D eigenvalue weighted by Crippen LogP contribution is 2.34. The highest BCUT2D eigenvalue weighted by atomic mass is 16.5. The quantitative estimate of drug-likeness (QED) is 0.0289. The standard InChI is InChI=1S/C44H82O3/c1-5-9-12-15-17-19-21-23-25-26-28-30-32-34-36-39-42(45)44(8-4,43(46)47-41-38-14-11-7-3)40-37-35-33-31-29-27-24-22-20-18-16-13-10-6-2/h17,19,23,25H,5-16,18,20-22,24,26-41H2,1-4H3/b19-17-,25-23-. The van der Waals surface area contributed by atoms with E-state index in [-0.39, 0.29) is 11.8 Å². The average molecular weight is 659 g/mol. The predicted octanol–water partition coefficient (Wildman–Crippen LogP) is 14.8. The van der Waals surface area contributed by atoms with Gasteiger partial charge in [-0.15, -0.1) is 0 Å². The molecule has 47 heavy (non-hydrogen) atoms. The fourth-order valence-electron chi connectivity index (χ4n) is 6.66. The second kappa shape index (κ2) is 35.9. The number of unbranched alkanes of at least 4 members (excludes halogenated alkanes) is 24. The van der Waals surface area contributed by atoms with Gasteiger partial charge in [0.1, 0.15) is 11.2 Å². The molecule has 1 atom stereocenters. The average Bonchev–Trinajstić information content (AvgIpc) is 3.08. The second-order valence-corrected chi connectivity index (χ2v) is 14.4. The maximum atomic E-state index is 13.7. The number of Topliss-reactive ketones (excluding diaryl/α,β-unsaturated/α-hetero) is 1. The van der Waals surface area contributed by atoms with E-state index in [4.69, 9.17) is 4.74 Å². The van der Waals surface area contributed by atoms with Gasteiger partial charge in [-0.25, -0.2) is 0 Å². The van der Waals surface area contributed by atoms with E-state index >= 15 is 0 Å². The van der Waals surface area contributed by atoms with Crippen LogP contribution in [0.1, 0.15) is 233 Å². The van der Waals surface area contributed by atoms with Gasteiger partial charge in [0.05, 0.1) is 6.61 Å². The molecule has 0 N–H and O–H groups in total. The Morgan fingerprint density at radius 3 is 1.38 bits per heavy atom. The van der Waals surface area contributed by atoms with Gasteiger partial charge in [-0.05, 0) is 57.8 Å². The Morgan fingerprint density at radius 1 is 0.468 bits per heavy atom. The van der Waals surface area contributed by atoms with Gasteiger partial charge < -0.3 is 4.74 Å². The van der Waals surface area contributed by atoms with Crippen LogP contribution >= 0.6 is 0 Å². The molecule has 0 amide bonds. The van der Waals surface area contributed by atoms with E-state index in [9.17, 15) is 9.59 Å². The fraction of sp³-hybridized carbons (Fsp3) is 0.864. The summed E-state index contributed by atoms with van der Waals surface area (Å²) in [6, 6.07) is 0. The van der Waals surface area contributed by atoms with Crippen LogP contribution in [0.25, 0.3) is 0 Å². The number of carbonyl (C=O) groups excluding carboxylic acids is 2. The largest absolute Gasteiger partial charge is 0.465 e. The first-order valence-electron chi connectivity index (χ1n) is 21.1. The molecular weight excluding hydrogens is 576 g/mol. The topological polar surface area (TPSA) is 43.4 Å². The van der Waals surface area contributed by atoms with Crippen LogP contribution in [0, 0.1) is 5.41 Å². The Morgan fingerprint density at radius 2 is 0.872 bits per heavy atom. The van der Waals surface area contributed by atoms with Crippen molar-refractivity contribution in [3.63, 3.8) is 0 Å². The fourth-order valence-corrected chi connectivity index (χ4v) is 6.66. The maximum Gasteiger partial charge on any atom is 0.319 e. The molecular formula is C44H82O3. The molecule has 0 fully saturated rings. The number of allylic oxidation sites excluding steroid dienone is 4. The lowest BCUT2D eigenvalue weighted by molar-refractivity contribution is -0.162. The van der Waals surface area contributed by atoms with Gasteiger partial charge in [0.2, 0.25) is 0 Å². The van der Waals surface area contributed by atoms with Crippen LogP contribution in [0.5, 0.6) is 0 Å². The molecule has 0 aliphatic rings. The molecule has 0 heterocycles. The molecule has 0 aromatic rings. The maximum absolute atomic E-state index is 13.7. The summed E-state index contributed by atoms with van der Waals surface area (Å²) in [4.78, 5) is 27.1. The minimum Gasteiger partial charge on any atom is -0.465 e. The third kappa shape index (κ3) is 27.2. The van der Waals surface area contributed by atoms with Crippen LogP contribution in [0.3, 0.4) is 0 Å². The van der Waals surface area contributed by atoms with Crippen molar-refractivity contribution in [2.75, 3.05) is 6.61 Å². The van der Waals surface area contributed by atoms with Crippen LogP contribution in [0.4, 0.5) is 0 Å². The second-order valence-electron chi connectivity index (χ2n) is 14.4. The van der Waals surface area contributed by atoms with Gasteiger partial charge >= 0.3 is 5.97 Å². The molecule has 0 aromatic heterocycles. The zero-order valence-electron chi connectivity index (χ0n) is 32.4. The molecule has 1 unspecified atom stereocenters. The molecule has 0 spiro atoms. The smallest absolute Gasteiger partial charge is 0.319 e. The summed E-state index contributed by atoms with van der Waals surface area (Å²) in [5, 5.41) is 0. The van der Waals surface area contributed by atoms with Gasteiger partial charge in [-0.3, -0.25) is 9.59 Å². The third-order valence-electron chi connectivity index (χ3n) is 10.1. The van der Waals surface area contributed by atoms with E-state index in [0.717, 1.165) is 57.8 Å². The number of rotatable bonds is 37. The van der Waals surface area contributed by atoms with Gasteiger partial charge in [0, 0.05) is 6.42 Å². The van der Waals surface area contributed by atoms with Crippen molar-refractivity contribution in [2.45, 2.75) is 233 Å². The van der Waals surface area contributed by atoms with Crippen molar-refractivity contribution in [3.05, 3.63) is 24.3 Å².